The lowest BCUT2D eigenvalue weighted by Gasteiger charge is -2.45. The van der Waals surface area contributed by atoms with Crippen molar-refractivity contribution in [1.82, 2.24) is 40.0 Å². The number of carbonyl (C=O) groups is 5. The van der Waals surface area contributed by atoms with Crippen LogP contribution in [0.25, 0.3) is 0 Å². The highest BCUT2D eigenvalue weighted by molar-refractivity contribution is 6.23. The molecule has 5 amide bonds. The highest BCUT2D eigenvalue weighted by Crippen LogP contribution is 2.39. The Morgan fingerprint density at radius 1 is 0.981 bits per heavy atom. The van der Waals surface area contributed by atoms with Crippen LogP contribution in [0.1, 0.15) is 81.1 Å². The lowest BCUT2D eigenvalue weighted by molar-refractivity contribution is -0.150. The van der Waals surface area contributed by atoms with Crippen molar-refractivity contribution in [3.05, 3.63) is 88.0 Å². The van der Waals surface area contributed by atoms with E-state index in [2.05, 4.69) is 36.4 Å². The number of piperazine rings is 1. The fourth-order valence-corrected chi connectivity index (χ4v) is 8.50. The molecule has 2 N–H and O–H groups in total. The number of fused-ring (bicyclic) bond motifs is 2. The van der Waals surface area contributed by atoms with Crippen molar-refractivity contribution in [3.8, 4) is 0 Å². The van der Waals surface area contributed by atoms with E-state index in [-0.39, 0.29) is 36.0 Å². The summed E-state index contributed by atoms with van der Waals surface area (Å²) < 4.78 is 21.0. The van der Waals surface area contributed by atoms with Gasteiger partial charge in [-0.3, -0.25) is 54.0 Å². The fourth-order valence-electron chi connectivity index (χ4n) is 8.50. The molecule has 5 aliphatic heterocycles. The predicted octanol–water partition coefficient (Wildman–Crippen LogP) is 1.76. The molecule has 1 aromatic heterocycles. The summed E-state index contributed by atoms with van der Waals surface area (Å²) in [6, 6.07) is 11.6. The minimum Gasteiger partial charge on any atom is -0.367 e. The number of halogens is 1. The lowest BCUT2D eigenvalue weighted by Crippen LogP contribution is -2.54. The Bertz CT molecular complexity index is 1900. The number of likely N-dealkylation sites (tertiary alicyclic amines) is 1. The molecule has 3 atom stereocenters. The number of ether oxygens (including phenoxy) is 1. The molecule has 3 fully saturated rings. The molecule has 3 saturated heterocycles. The van der Waals surface area contributed by atoms with E-state index >= 15 is 4.39 Å². The number of carbonyl (C=O) groups excluding carboxylic acids is 5. The first-order chi connectivity index (χ1) is 25.2. The summed E-state index contributed by atoms with van der Waals surface area (Å²) >= 11 is 0. The Balaban J connectivity index is 0.871. The van der Waals surface area contributed by atoms with Gasteiger partial charge >= 0.3 is 0 Å². The second-order valence-corrected chi connectivity index (χ2v) is 14.1. The van der Waals surface area contributed by atoms with Crippen LogP contribution in [0.2, 0.25) is 0 Å². The lowest BCUT2D eigenvalue weighted by atomic mass is 10.0. The first-order valence-electron chi connectivity index (χ1n) is 17.8. The van der Waals surface area contributed by atoms with Crippen molar-refractivity contribution in [2.75, 3.05) is 46.4 Å². The number of benzene rings is 2. The highest BCUT2D eigenvalue weighted by Gasteiger charge is 2.47. The summed E-state index contributed by atoms with van der Waals surface area (Å²) in [6.07, 6.45) is 4.01. The highest BCUT2D eigenvalue weighted by atomic mass is 19.1. The van der Waals surface area contributed by atoms with Gasteiger partial charge in [0.05, 0.1) is 23.4 Å². The van der Waals surface area contributed by atoms with Crippen LogP contribution in [-0.2, 0) is 32.2 Å². The summed E-state index contributed by atoms with van der Waals surface area (Å²) in [6.45, 7) is 5.61. The van der Waals surface area contributed by atoms with Crippen LogP contribution >= 0.6 is 0 Å². The molecule has 2 unspecified atom stereocenters. The number of hydrogen-bond donors (Lipinski definition) is 2. The average molecular weight is 712 g/mol. The number of aromatic nitrogens is 2. The molecule has 1 radical (unpaired) electrons. The number of nitrogens with zero attached hydrogens (tertiary/aromatic N) is 6. The number of nitrogens with one attached hydrogen (secondary N) is 2. The first-order valence-corrected chi connectivity index (χ1v) is 17.8. The molecule has 2 aromatic carbocycles. The van der Waals surface area contributed by atoms with Gasteiger partial charge in [0.1, 0.15) is 24.2 Å². The van der Waals surface area contributed by atoms with Gasteiger partial charge in [0.25, 0.3) is 17.7 Å². The average Bonchev–Trinajstić information content (AvgIpc) is 3.82. The predicted molar refractivity (Wildman–Crippen MR) is 181 cm³/mol. The molecule has 0 aliphatic carbocycles. The van der Waals surface area contributed by atoms with Gasteiger partial charge < -0.3 is 9.64 Å². The maximum Gasteiger partial charge on any atom is 0.265 e. The second-order valence-electron chi connectivity index (χ2n) is 14.1. The standard InChI is InChI=1S/C37H40FN8O6/c1-52-32(23-5-3-2-4-6-23)37(51)45-21-28-26(19-39-41-28)34(45)44-11-9-24(10-12-44)43-15-13-42(14-16-43)20-22-17-25-31(27(38)18-22)36(50)46(35(25)49)29-7-8-30(47)40-33(29)48/h2-6,17-18,24,29,32,34H,7-16,20-21H2,1H3,(H,39,41)(H,40,47,48)/t29?,32-,34?/m1/s1. The SMILES string of the molecule is CO[C@@H](C(=O)N1Cc2[nH]n[c]c2C1N1CCC(N2CCN(Cc3cc(F)c4c(c3)C(=O)N(C3CCC(=O)NC3=O)C4=O)CC2)CC1)c1ccccc1. The van der Waals surface area contributed by atoms with Crippen molar-refractivity contribution in [3.63, 3.8) is 0 Å². The number of amides is 5. The van der Waals surface area contributed by atoms with E-state index in [9.17, 15) is 24.0 Å². The maximum atomic E-state index is 15.3. The summed E-state index contributed by atoms with van der Waals surface area (Å²) in [5, 5.41) is 9.34. The van der Waals surface area contributed by atoms with Crippen molar-refractivity contribution in [1.29, 1.82) is 0 Å². The Labute approximate surface area is 299 Å². The fraction of sp³-hybridized carbons (Fsp3) is 0.459. The van der Waals surface area contributed by atoms with Gasteiger partial charge in [0, 0.05) is 70.9 Å². The van der Waals surface area contributed by atoms with E-state index < -0.39 is 41.6 Å². The number of rotatable bonds is 8. The monoisotopic (exact) mass is 711 g/mol. The van der Waals surface area contributed by atoms with E-state index in [4.69, 9.17) is 4.74 Å². The molecule has 8 rings (SSSR count). The zero-order valence-corrected chi connectivity index (χ0v) is 28.8. The largest absolute Gasteiger partial charge is 0.367 e. The maximum absolute atomic E-state index is 15.3. The van der Waals surface area contributed by atoms with Gasteiger partial charge in [-0.25, -0.2) is 4.39 Å². The number of aromatic amines is 1. The molecule has 5 aliphatic rings. The first kappa shape index (κ1) is 34.3. The smallest absolute Gasteiger partial charge is 0.265 e. The van der Waals surface area contributed by atoms with Crippen LogP contribution in [0.4, 0.5) is 4.39 Å². The van der Waals surface area contributed by atoms with Gasteiger partial charge in [-0.1, -0.05) is 30.3 Å². The Kier molecular flexibility index (Phi) is 9.19. The number of H-pyrrole nitrogens is 1. The summed E-state index contributed by atoms with van der Waals surface area (Å²) in [5.41, 5.74) is 2.82. The number of piperidine rings is 2. The zero-order chi connectivity index (χ0) is 36.1. The molecule has 0 spiro atoms. The van der Waals surface area contributed by atoms with Gasteiger partial charge in [0.15, 0.2) is 6.10 Å². The molecular formula is C37H40FN8O6. The molecule has 15 heteroatoms. The Morgan fingerprint density at radius 2 is 1.73 bits per heavy atom. The van der Waals surface area contributed by atoms with Crippen molar-refractivity contribution in [2.45, 2.75) is 63.1 Å². The zero-order valence-electron chi connectivity index (χ0n) is 28.8. The third kappa shape index (κ3) is 6.10. The second kappa shape index (κ2) is 14.0. The molecule has 52 heavy (non-hydrogen) atoms. The van der Waals surface area contributed by atoms with E-state index in [0.29, 0.717) is 24.7 Å². The van der Waals surface area contributed by atoms with Crippen molar-refractivity contribution in [2.24, 2.45) is 0 Å². The van der Waals surface area contributed by atoms with Gasteiger partial charge in [-0.15, -0.1) is 0 Å². The topological polar surface area (TPSA) is 151 Å². The number of hydrogen-bond acceptors (Lipinski definition) is 10. The molecule has 14 nitrogen and oxygen atoms in total. The Hall–Kier alpha value is -4.83. The van der Waals surface area contributed by atoms with E-state index in [1.54, 1.807) is 13.2 Å². The third-order valence-electron chi connectivity index (χ3n) is 11.1. The molecule has 0 bridgehead atoms. The minimum atomic E-state index is -1.14. The van der Waals surface area contributed by atoms with Crippen LogP contribution in [-0.4, -0.2) is 123 Å². The van der Waals surface area contributed by atoms with Gasteiger partial charge in [-0.2, -0.15) is 5.10 Å². The van der Waals surface area contributed by atoms with E-state index in [1.165, 1.54) is 6.07 Å². The van der Waals surface area contributed by atoms with Crippen LogP contribution in [0.5, 0.6) is 0 Å². The molecule has 271 valence electrons. The van der Waals surface area contributed by atoms with Crippen LogP contribution in [0.15, 0.2) is 42.5 Å². The van der Waals surface area contributed by atoms with Crippen LogP contribution < -0.4 is 5.32 Å². The number of imide groups is 2. The third-order valence-corrected chi connectivity index (χ3v) is 11.1. The van der Waals surface area contributed by atoms with Crippen LogP contribution in [0, 0.1) is 12.0 Å². The van der Waals surface area contributed by atoms with Gasteiger partial charge in [-0.05, 0) is 42.5 Å². The van der Waals surface area contributed by atoms with Crippen molar-refractivity contribution < 1.29 is 33.1 Å². The van der Waals surface area contributed by atoms with Crippen LogP contribution in [0.3, 0.4) is 0 Å². The Morgan fingerprint density at radius 3 is 2.44 bits per heavy atom. The molecular weight excluding hydrogens is 671 g/mol. The summed E-state index contributed by atoms with van der Waals surface area (Å²) in [5.74, 6) is -3.64. The summed E-state index contributed by atoms with van der Waals surface area (Å²) in [4.78, 5) is 74.0. The minimum absolute atomic E-state index is 0.00188. The molecule has 3 aromatic rings. The van der Waals surface area contributed by atoms with E-state index in [0.717, 1.165) is 73.8 Å². The quantitative estimate of drug-likeness (QED) is 0.331. The number of methoxy groups -OCH3 is 1. The normalized spacial score (nSPS) is 24.0. The molecule has 0 saturated carbocycles. The summed E-state index contributed by atoms with van der Waals surface area (Å²) in [7, 11) is 1.56. The van der Waals surface area contributed by atoms with Gasteiger partial charge in [0.2, 0.25) is 11.8 Å². The van der Waals surface area contributed by atoms with Crippen molar-refractivity contribution >= 4 is 29.5 Å². The van der Waals surface area contributed by atoms with E-state index in [1.807, 2.05) is 35.2 Å². The molecule has 6 heterocycles.